The standard InChI is InChI=1S/C36H57N7O7/c1-24(2)31(38-35(47)41(5)6)33(45)37-29(21-26-13-11-10-12-14-26)30(44)23-43(22-27-15-17-28(18-16-27)50-20-19-49-9)40-34(46)32(25(3)4)39-36(48)42(7)8/h10-18,24-25,29-32,44H,19-23H2,1-9H3,(H,37,45)(H,38,47)(H,39,48)(H,40,46)/t29?,30?,31-,32-/m0/s1. The van der Waals surface area contributed by atoms with Crippen molar-refractivity contribution in [2.45, 2.75) is 64.9 Å². The van der Waals surface area contributed by atoms with Crippen molar-refractivity contribution in [2.24, 2.45) is 11.8 Å². The molecule has 0 aromatic heterocycles. The summed E-state index contributed by atoms with van der Waals surface area (Å²) in [4.78, 5) is 55.0. The summed E-state index contributed by atoms with van der Waals surface area (Å²) >= 11 is 0. The van der Waals surface area contributed by atoms with Crippen molar-refractivity contribution in [1.82, 2.24) is 36.2 Å². The molecular formula is C36H57N7O7. The molecule has 0 fully saturated rings. The van der Waals surface area contributed by atoms with E-state index in [2.05, 4.69) is 21.4 Å². The molecule has 2 aromatic rings. The molecule has 5 N–H and O–H groups in total. The third-order valence-electron chi connectivity index (χ3n) is 7.89. The van der Waals surface area contributed by atoms with Crippen LogP contribution in [0.25, 0.3) is 0 Å². The Balaban J connectivity index is 2.41. The molecule has 0 heterocycles. The smallest absolute Gasteiger partial charge is 0.317 e. The van der Waals surface area contributed by atoms with Crippen LogP contribution < -0.4 is 26.1 Å². The number of rotatable bonds is 19. The lowest BCUT2D eigenvalue weighted by Crippen LogP contribution is -2.59. The number of hydrazine groups is 1. The van der Waals surface area contributed by atoms with Gasteiger partial charge in [-0.25, -0.2) is 14.6 Å². The Morgan fingerprint density at radius 2 is 1.26 bits per heavy atom. The van der Waals surface area contributed by atoms with Crippen LogP contribution in [-0.2, 0) is 27.3 Å². The van der Waals surface area contributed by atoms with Gasteiger partial charge in [-0.1, -0.05) is 70.2 Å². The third kappa shape index (κ3) is 14.2. The lowest BCUT2D eigenvalue weighted by molar-refractivity contribution is -0.131. The molecule has 0 aliphatic carbocycles. The second-order valence-corrected chi connectivity index (χ2v) is 13.3. The van der Waals surface area contributed by atoms with Crippen LogP contribution in [-0.4, -0.2) is 123 Å². The summed E-state index contributed by atoms with van der Waals surface area (Å²) in [6.07, 6.45) is -0.898. The number of benzene rings is 2. The Hall–Kier alpha value is -4.40. The van der Waals surface area contributed by atoms with Gasteiger partial charge in [0.2, 0.25) is 5.91 Å². The van der Waals surface area contributed by atoms with E-state index in [0.717, 1.165) is 11.1 Å². The molecule has 2 aromatic carbocycles. The van der Waals surface area contributed by atoms with E-state index in [1.165, 1.54) is 9.80 Å². The molecule has 4 atom stereocenters. The van der Waals surface area contributed by atoms with Crippen LogP contribution in [0.15, 0.2) is 54.6 Å². The minimum absolute atomic E-state index is 0.0849. The number of amides is 6. The molecular weight excluding hydrogens is 642 g/mol. The lowest BCUT2D eigenvalue weighted by atomic mass is 9.98. The number of hydrogen-bond acceptors (Lipinski definition) is 8. The van der Waals surface area contributed by atoms with Gasteiger partial charge >= 0.3 is 12.1 Å². The molecule has 2 unspecified atom stereocenters. The number of methoxy groups -OCH3 is 1. The Morgan fingerprint density at radius 1 is 0.720 bits per heavy atom. The first-order valence-electron chi connectivity index (χ1n) is 16.9. The van der Waals surface area contributed by atoms with Crippen molar-refractivity contribution in [3.63, 3.8) is 0 Å². The number of nitrogens with zero attached hydrogens (tertiary/aromatic N) is 3. The maximum Gasteiger partial charge on any atom is 0.317 e. The molecule has 0 saturated heterocycles. The SMILES string of the molecule is COCCOc1ccc(CN(CC(O)C(Cc2ccccc2)NC(=O)[C@@H](NC(=O)N(C)C)C(C)C)NC(=O)[C@@H](NC(=O)N(C)C)C(C)C)cc1. The van der Waals surface area contributed by atoms with Gasteiger partial charge < -0.3 is 40.3 Å². The van der Waals surface area contributed by atoms with E-state index in [1.807, 2.05) is 82.3 Å². The first-order valence-corrected chi connectivity index (χ1v) is 16.9. The number of carbonyl (C=O) groups excluding carboxylic acids is 4. The van der Waals surface area contributed by atoms with Gasteiger partial charge in [-0.05, 0) is 41.5 Å². The molecule has 0 bridgehead atoms. The van der Waals surface area contributed by atoms with Crippen LogP contribution >= 0.6 is 0 Å². The highest BCUT2D eigenvalue weighted by Gasteiger charge is 2.32. The fraction of sp³-hybridized carbons (Fsp3) is 0.556. The predicted octanol–water partition coefficient (Wildman–Crippen LogP) is 2.23. The number of aliphatic hydroxyl groups excluding tert-OH is 1. The second-order valence-electron chi connectivity index (χ2n) is 13.3. The largest absolute Gasteiger partial charge is 0.491 e. The van der Waals surface area contributed by atoms with Crippen molar-refractivity contribution in [2.75, 3.05) is 55.1 Å². The number of hydrogen-bond donors (Lipinski definition) is 5. The van der Waals surface area contributed by atoms with Gasteiger partial charge in [0.1, 0.15) is 24.4 Å². The zero-order valence-corrected chi connectivity index (χ0v) is 30.9. The van der Waals surface area contributed by atoms with Crippen molar-refractivity contribution in [1.29, 1.82) is 0 Å². The van der Waals surface area contributed by atoms with E-state index in [0.29, 0.717) is 19.0 Å². The molecule has 2 rings (SSSR count). The normalized spacial score (nSPS) is 13.6. The molecule has 0 spiro atoms. The fourth-order valence-corrected chi connectivity index (χ4v) is 4.90. The van der Waals surface area contributed by atoms with Gasteiger partial charge in [0.15, 0.2) is 0 Å². The second kappa shape index (κ2) is 21.0. The summed E-state index contributed by atoms with van der Waals surface area (Å²) in [5, 5.41) is 21.9. The molecule has 6 amide bonds. The van der Waals surface area contributed by atoms with Crippen LogP contribution in [0.2, 0.25) is 0 Å². The number of carbonyl (C=O) groups is 4. The highest BCUT2D eigenvalue weighted by Crippen LogP contribution is 2.16. The molecule has 0 saturated carbocycles. The highest BCUT2D eigenvalue weighted by molar-refractivity contribution is 5.88. The van der Waals surface area contributed by atoms with E-state index in [-0.39, 0.29) is 31.3 Å². The summed E-state index contributed by atoms with van der Waals surface area (Å²) in [5.74, 6) is -0.738. The molecule has 50 heavy (non-hydrogen) atoms. The zero-order valence-electron chi connectivity index (χ0n) is 30.9. The summed E-state index contributed by atoms with van der Waals surface area (Å²) in [7, 11) is 7.96. The number of nitrogens with one attached hydrogen (secondary N) is 4. The molecule has 0 aliphatic rings. The van der Waals surface area contributed by atoms with Crippen LogP contribution in [0.5, 0.6) is 5.75 Å². The van der Waals surface area contributed by atoms with Crippen LogP contribution in [0, 0.1) is 11.8 Å². The Morgan fingerprint density at radius 3 is 1.76 bits per heavy atom. The fourth-order valence-electron chi connectivity index (χ4n) is 4.90. The summed E-state index contributed by atoms with van der Waals surface area (Å²) in [6.45, 7) is 8.25. The lowest BCUT2D eigenvalue weighted by Gasteiger charge is -2.33. The van der Waals surface area contributed by atoms with Crippen molar-refractivity contribution < 1.29 is 33.8 Å². The predicted molar refractivity (Wildman–Crippen MR) is 192 cm³/mol. The first kappa shape index (κ1) is 41.8. The Bertz CT molecular complexity index is 1340. The van der Waals surface area contributed by atoms with E-state index < -0.39 is 48.1 Å². The van der Waals surface area contributed by atoms with E-state index in [9.17, 15) is 24.3 Å². The summed E-state index contributed by atoms with van der Waals surface area (Å²) in [5.41, 5.74) is 4.59. The summed E-state index contributed by atoms with van der Waals surface area (Å²) in [6, 6.07) is 13.4. The molecule has 14 nitrogen and oxygen atoms in total. The first-order chi connectivity index (χ1) is 23.6. The average molecular weight is 700 g/mol. The summed E-state index contributed by atoms with van der Waals surface area (Å²) < 4.78 is 10.7. The zero-order chi connectivity index (χ0) is 37.4. The topological polar surface area (TPSA) is 165 Å². The Labute approximate surface area is 296 Å². The van der Waals surface area contributed by atoms with E-state index >= 15 is 0 Å². The van der Waals surface area contributed by atoms with Crippen LogP contribution in [0.4, 0.5) is 9.59 Å². The van der Waals surface area contributed by atoms with E-state index in [4.69, 9.17) is 9.47 Å². The van der Waals surface area contributed by atoms with Crippen molar-refractivity contribution >= 4 is 23.9 Å². The average Bonchev–Trinajstić information content (AvgIpc) is 3.06. The van der Waals surface area contributed by atoms with Gasteiger partial charge in [-0.3, -0.25) is 15.0 Å². The quantitative estimate of drug-likeness (QED) is 0.110. The van der Waals surface area contributed by atoms with E-state index in [1.54, 1.807) is 40.3 Å². The third-order valence-corrected chi connectivity index (χ3v) is 7.89. The van der Waals surface area contributed by atoms with Crippen molar-refractivity contribution in [3.8, 4) is 5.75 Å². The minimum atomic E-state index is -1.18. The van der Waals surface area contributed by atoms with Gasteiger partial charge in [0, 0.05) is 48.4 Å². The van der Waals surface area contributed by atoms with Gasteiger partial charge in [0.25, 0.3) is 5.91 Å². The maximum atomic E-state index is 13.7. The van der Waals surface area contributed by atoms with Crippen molar-refractivity contribution in [3.05, 3.63) is 65.7 Å². The molecule has 0 aliphatic heterocycles. The van der Waals surface area contributed by atoms with Gasteiger partial charge in [-0.2, -0.15) is 0 Å². The van der Waals surface area contributed by atoms with Gasteiger partial charge in [-0.15, -0.1) is 0 Å². The maximum absolute atomic E-state index is 13.7. The number of urea groups is 2. The van der Waals surface area contributed by atoms with Crippen LogP contribution in [0.3, 0.4) is 0 Å². The number of ether oxygens (including phenoxy) is 2. The highest BCUT2D eigenvalue weighted by atomic mass is 16.5. The molecule has 278 valence electrons. The minimum Gasteiger partial charge on any atom is -0.491 e. The number of aliphatic hydroxyl groups is 1. The molecule has 0 radical (unpaired) electrons. The Kier molecular flexibility index (Phi) is 17.5. The van der Waals surface area contributed by atoms with Crippen LogP contribution in [0.1, 0.15) is 38.8 Å². The van der Waals surface area contributed by atoms with Gasteiger partial charge in [0.05, 0.1) is 18.8 Å². The molecule has 14 heteroatoms. The monoisotopic (exact) mass is 699 g/mol.